The lowest BCUT2D eigenvalue weighted by Crippen LogP contribution is -2.25. The highest BCUT2D eigenvalue weighted by Crippen LogP contribution is 2.20. The number of hydrogen-bond donors (Lipinski definition) is 0. The van der Waals surface area contributed by atoms with Crippen LogP contribution in [0.25, 0.3) is 0 Å². The number of rotatable bonds is 3. The minimum Gasteiger partial charge on any atom is -0.356 e. The van der Waals surface area contributed by atoms with Crippen LogP contribution in [0.15, 0.2) is 10.7 Å². The van der Waals surface area contributed by atoms with Gasteiger partial charge in [-0.15, -0.1) is 0 Å². The van der Waals surface area contributed by atoms with E-state index in [1.807, 2.05) is 6.07 Å². The van der Waals surface area contributed by atoms with Crippen molar-refractivity contribution in [3.8, 4) is 0 Å². The van der Waals surface area contributed by atoms with E-state index < -0.39 is 0 Å². The number of nitrogens with zero attached hydrogens (tertiary/aromatic N) is 3. The molecule has 0 bridgehead atoms. The Morgan fingerprint density at radius 1 is 1.18 bits per heavy atom. The summed E-state index contributed by atoms with van der Waals surface area (Å²) < 4.78 is 0.912. The molecule has 4 heteroatoms. The van der Waals surface area contributed by atoms with Gasteiger partial charge in [-0.25, -0.2) is 9.97 Å². The molecule has 94 valence electrons. The molecule has 1 aliphatic heterocycles. The standard InChI is InChI=1S/C13H20BrN3/c1-2-7-12-15-11(14)10-13(16-12)17-8-5-3-4-6-9-17/h10H,2-9H2,1H3. The molecule has 0 N–H and O–H groups in total. The van der Waals surface area contributed by atoms with E-state index in [-0.39, 0.29) is 0 Å². The molecule has 1 fully saturated rings. The van der Waals surface area contributed by atoms with E-state index in [1.54, 1.807) is 0 Å². The van der Waals surface area contributed by atoms with Gasteiger partial charge in [0.05, 0.1) is 0 Å². The molecule has 0 aromatic carbocycles. The summed E-state index contributed by atoms with van der Waals surface area (Å²) in [4.78, 5) is 11.5. The first kappa shape index (κ1) is 12.8. The summed E-state index contributed by atoms with van der Waals surface area (Å²) in [6, 6.07) is 2.05. The van der Waals surface area contributed by atoms with Crippen LogP contribution in [0.2, 0.25) is 0 Å². The van der Waals surface area contributed by atoms with Gasteiger partial charge in [-0.1, -0.05) is 19.8 Å². The minimum absolute atomic E-state index is 0.912. The lowest BCUT2D eigenvalue weighted by atomic mass is 10.2. The molecule has 1 aliphatic rings. The van der Waals surface area contributed by atoms with Gasteiger partial charge < -0.3 is 4.90 Å². The van der Waals surface area contributed by atoms with Crippen molar-refractivity contribution in [1.29, 1.82) is 0 Å². The second-order valence-electron chi connectivity index (χ2n) is 4.62. The molecule has 1 aromatic rings. The Kier molecular flexibility index (Phi) is 4.77. The van der Waals surface area contributed by atoms with Crippen LogP contribution in [0.3, 0.4) is 0 Å². The van der Waals surface area contributed by atoms with Crippen molar-refractivity contribution < 1.29 is 0 Å². The maximum Gasteiger partial charge on any atom is 0.133 e. The molecular formula is C13H20BrN3. The molecule has 1 aromatic heterocycles. The normalized spacial score (nSPS) is 16.9. The van der Waals surface area contributed by atoms with Crippen LogP contribution in [-0.2, 0) is 6.42 Å². The summed E-state index contributed by atoms with van der Waals surface area (Å²) in [5, 5.41) is 0. The Morgan fingerprint density at radius 2 is 1.88 bits per heavy atom. The SMILES string of the molecule is CCCc1nc(Br)cc(N2CCCCCC2)n1. The fourth-order valence-corrected chi connectivity index (χ4v) is 2.66. The average Bonchev–Trinajstić information content (AvgIpc) is 2.57. The highest BCUT2D eigenvalue weighted by atomic mass is 79.9. The zero-order valence-electron chi connectivity index (χ0n) is 10.5. The molecule has 0 unspecified atom stereocenters. The number of aryl methyl sites for hydroxylation is 1. The third kappa shape index (κ3) is 3.66. The van der Waals surface area contributed by atoms with Gasteiger partial charge in [-0.2, -0.15) is 0 Å². The van der Waals surface area contributed by atoms with Crippen molar-refractivity contribution in [2.75, 3.05) is 18.0 Å². The van der Waals surface area contributed by atoms with Crippen molar-refractivity contribution in [2.24, 2.45) is 0 Å². The van der Waals surface area contributed by atoms with Crippen LogP contribution in [-0.4, -0.2) is 23.1 Å². The van der Waals surface area contributed by atoms with Crippen LogP contribution < -0.4 is 4.90 Å². The number of hydrogen-bond acceptors (Lipinski definition) is 3. The molecule has 1 saturated heterocycles. The van der Waals surface area contributed by atoms with Crippen LogP contribution in [0.1, 0.15) is 44.9 Å². The third-order valence-corrected chi connectivity index (χ3v) is 3.54. The molecular weight excluding hydrogens is 278 g/mol. The van der Waals surface area contributed by atoms with Crippen molar-refractivity contribution in [3.05, 3.63) is 16.5 Å². The van der Waals surface area contributed by atoms with Crippen molar-refractivity contribution in [1.82, 2.24) is 9.97 Å². The Labute approximate surface area is 112 Å². The Balaban J connectivity index is 2.17. The van der Waals surface area contributed by atoms with Crippen LogP contribution in [0.5, 0.6) is 0 Å². The zero-order valence-corrected chi connectivity index (χ0v) is 12.0. The van der Waals surface area contributed by atoms with E-state index in [4.69, 9.17) is 0 Å². The number of aromatic nitrogens is 2. The highest BCUT2D eigenvalue weighted by molar-refractivity contribution is 9.10. The maximum atomic E-state index is 4.67. The van der Waals surface area contributed by atoms with Gasteiger partial charge in [0.2, 0.25) is 0 Å². The largest absolute Gasteiger partial charge is 0.356 e. The fourth-order valence-electron chi connectivity index (χ4n) is 2.25. The molecule has 0 radical (unpaired) electrons. The van der Waals surface area contributed by atoms with Gasteiger partial charge >= 0.3 is 0 Å². The molecule has 2 heterocycles. The first-order valence-corrected chi connectivity index (χ1v) is 7.37. The van der Waals surface area contributed by atoms with E-state index >= 15 is 0 Å². The topological polar surface area (TPSA) is 29.0 Å². The fraction of sp³-hybridized carbons (Fsp3) is 0.692. The van der Waals surface area contributed by atoms with E-state index in [0.29, 0.717) is 0 Å². The smallest absolute Gasteiger partial charge is 0.133 e. The molecule has 0 aliphatic carbocycles. The summed E-state index contributed by atoms with van der Waals surface area (Å²) in [6.07, 6.45) is 7.32. The lowest BCUT2D eigenvalue weighted by molar-refractivity contribution is 0.726. The van der Waals surface area contributed by atoms with E-state index in [0.717, 1.165) is 42.2 Å². The molecule has 17 heavy (non-hydrogen) atoms. The zero-order chi connectivity index (χ0) is 12.1. The van der Waals surface area contributed by atoms with Crippen molar-refractivity contribution >= 4 is 21.7 Å². The third-order valence-electron chi connectivity index (χ3n) is 3.13. The van der Waals surface area contributed by atoms with Crippen molar-refractivity contribution in [3.63, 3.8) is 0 Å². The van der Waals surface area contributed by atoms with Gasteiger partial charge in [0, 0.05) is 25.6 Å². The minimum atomic E-state index is 0.912. The summed E-state index contributed by atoms with van der Waals surface area (Å²) >= 11 is 3.49. The first-order valence-electron chi connectivity index (χ1n) is 6.58. The highest BCUT2D eigenvalue weighted by Gasteiger charge is 2.12. The van der Waals surface area contributed by atoms with E-state index in [2.05, 4.69) is 37.7 Å². The monoisotopic (exact) mass is 297 g/mol. The molecule has 0 atom stereocenters. The Morgan fingerprint density at radius 3 is 2.53 bits per heavy atom. The molecule has 2 rings (SSSR count). The predicted octanol–water partition coefficient (Wildman–Crippen LogP) is 3.57. The molecule has 0 amide bonds. The Hall–Kier alpha value is -0.640. The van der Waals surface area contributed by atoms with Crippen LogP contribution in [0.4, 0.5) is 5.82 Å². The second kappa shape index (κ2) is 6.34. The van der Waals surface area contributed by atoms with Gasteiger partial charge in [-0.3, -0.25) is 0 Å². The van der Waals surface area contributed by atoms with Gasteiger partial charge in [0.25, 0.3) is 0 Å². The summed E-state index contributed by atoms with van der Waals surface area (Å²) in [7, 11) is 0. The predicted molar refractivity (Wildman–Crippen MR) is 74.4 cm³/mol. The average molecular weight is 298 g/mol. The Bertz CT molecular complexity index is 360. The van der Waals surface area contributed by atoms with Crippen LogP contribution in [0, 0.1) is 0 Å². The molecule has 0 saturated carbocycles. The van der Waals surface area contributed by atoms with E-state index in [9.17, 15) is 0 Å². The first-order chi connectivity index (χ1) is 8.29. The van der Waals surface area contributed by atoms with Crippen LogP contribution >= 0.6 is 15.9 Å². The summed E-state index contributed by atoms with van der Waals surface area (Å²) in [6.45, 7) is 4.43. The maximum absolute atomic E-state index is 4.67. The van der Waals surface area contributed by atoms with Gasteiger partial charge in [-0.05, 0) is 35.2 Å². The number of halogens is 1. The van der Waals surface area contributed by atoms with Gasteiger partial charge in [0.15, 0.2) is 0 Å². The van der Waals surface area contributed by atoms with Crippen molar-refractivity contribution in [2.45, 2.75) is 45.4 Å². The lowest BCUT2D eigenvalue weighted by Gasteiger charge is -2.21. The quantitative estimate of drug-likeness (QED) is 0.799. The summed E-state index contributed by atoms with van der Waals surface area (Å²) in [5.41, 5.74) is 0. The summed E-state index contributed by atoms with van der Waals surface area (Å²) in [5.74, 6) is 2.05. The molecule has 0 spiro atoms. The second-order valence-corrected chi connectivity index (χ2v) is 5.43. The van der Waals surface area contributed by atoms with Gasteiger partial charge in [0.1, 0.15) is 16.2 Å². The number of anilines is 1. The molecule has 3 nitrogen and oxygen atoms in total. The van der Waals surface area contributed by atoms with E-state index in [1.165, 1.54) is 25.7 Å².